The van der Waals surface area contributed by atoms with Crippen molar-refractivity contribution < 1.29 is 18.0 Å². The van der Waals surface area contributed by atoms with Crippen LogP contribution in [0.25, 0.3) is 11.3 Å². The van der Waals surface area contributed by atoms with Crippen LogP contribution in [0.5, 0.6) is 0 Å². The van der Waals surface area contributed by atoms with E-state index in [4.69, 9.17) is 0 Å². The van der Waals surface area contributed by atoms with E-state index in [1.165, 1.54) is 10.6 Å². The quantitative estimate of drug-likeness (QED) is 0.217. The lowest BCUT2D eigenvalue weighted by Gasteiger charge is -2.24. The van der Waals surface area contributed by atoms with E-state index in [9.17, 15) is 18.0 Å². The molecule has 0 aliphatic carbocycles. The Hall–Kier alpha value is -4.15. The minimum absolute atomic E-state index is 0.186. The fraction of sp³-hybridized carbons (Fsp3) is 0.290. The fourth-order valence-electron chi connectivity index (χ4n) is 4.55. The molecule has 0 spiro atoms. The van der Waals surface area contributed by atoms with E-state index < -0.39 is 10.0 Å². The molecule has 0 unspecified atom stereocenters. The number of anilines is 3. The van der Waals surface area contributed by atoms with Crippen LogP contribution in [0.3, 0.4) is 0 Å². The molecule has 0 bridgehead atoms. The van der Waals surface area contributed by atoms with Crippen molar-refractivity contribution in [2.24, 2.45) is 0 Å². The van der Waals surface area contributed by atoms with Gasteiger partial charge in [-0.3, -0.25) is 13.9 Å². The van der Waals surface area contributed by atoms with Gasteiger partial charge in [0.05, 0.1) is 23.2 Å². The van der Waals surface area contributed by atoms with E-state index in [0.717, 1.165) is 18.4 Å². The molecular weight excluding hydrogens is 538 g/mol. The van der Waals surface area contributed by atoms with Crippen LogP contribution in [-0.4, -0.2) is 65.1 Å². The van der Waals surface area contributed by atoms with E-state index in [0.29, 0.717) is 59.1 Å². The minimum atomic E-state index is -3.47. The van der Waals surface area contributed by atoms with Gasteiger partial charge in [-0.2, -0.15) is 0 Å². The van der Waals surface area contributed by atoms with Crippen molar-refractivity contribution in [1.82, 2.24) is 10.2 Å². The van der Waals surface area contributed by atoms with Crippen LogP contribution < -0.4 is 20.3 Å². The lowest BCUT2D eigenvalue weighted by atomic mass is 9.98. The summed E-state index contributed by atoms with van der Waals surface area (Å²) in [6.07, 6.45) is 3.06. The molecule has 2 amide bonds. The van der Waals surface area contributed by atoms with Crippen molar-refractivity contribution >= 4 is 50.2 Å². The number of unbranched alkanes of at least 4 members (excludes halogenated alkanes) is 1. The van der Waals surface area contributed by atoms with E-state index >= 15 is 0 Å². The molecule has 0 fully saturated rings. The Labute approximate surface area is 242 Å². The van der Waals surface area contributed by atoms with Crippen molar-refractivity contribution in [2.45, 2.75) is 19.8 Å². The first-order valence-corrected chi connectivity index (χ1v) is 15.5. The molecule has 3 aromatic rings. The number of sulfonamides is 1. The summed E-state index contributed by atoms with van der Waals surface area (Å²) in [5.74, 6) is -0.465. The molecule has 4 rings (SSSR count). The predicted octanol–water partition coefficient (Wildman–Crippen LogP) is 4.48. The molecule has 1 aliphatic rings. The molecule has 0 atom stereocenters. The summed E-state index contributed by atoms with van der Waals surface area (Å²) in [4.78, 5) is 28.0. The van der Waals surface area contributed by atoms with Crippen LogP contribution in [-0.2, 0) is 14.8 Å². The average Bonchev–Trinajstić information content (AvgIpc) is 3.27. The third-order valence-electron chi connectivity index (χ3n) is 6.73. The molecule has 1 aliphatic heterocycles. The van der Waals surface area contributed by atoms with Gasteiger partial charge in [-0.1, -0.05) is 43.7 Å². The van der Waals surface area contributed by atoms with Crippen molar-refractivity contribution in [3.05, 3.63) is 89.5 Å². The van der Waals surface area contributed by atoms with Crippen LogP contribution in [0.1, 0.15) is 41.3 Å². The van der Waals surface area contributed by atoms with E-state index in [1.807, 2.05) is 49.3 Å². The van der Waals surface area contributed by atoms with Crippen LogP contribution >= 0.6 is 0 Å². The molecule has 216 valence electrons. The minimum Gasteiger partial charge on any atom is -0.354 e. The molecule has 3 N–H and O–H groups in total. The largest absolute Gasteiger partial charge is 0.354 e. The lowest BCUT2D eigenvalue weighted by molar-refractivity contribution is -0.110. The molecule has 0 radical (unpaired) electrons. The fourth-order valence-corrected chi connectivity index (χ4v) is 5.47. The smallest absolute Gasteiger partial charge is 0.258 e. The summed E-state index contributed by atoms with van der Waals surface area (Å²) in [5.41, 5.74) is 4.75. The van der Waals surface area contributed by atoms with Crippen molar-refractivity contribution in [1.29, 1.82) is 0 Å². The van der Waals surface area contributed by atoms with Gasteiger partial charge in [0.2, 0.25) is 10.0 Å². The maximum absolute atomic E-state index is 13.3. The Morgan fingerprint density at radius 2 is 1.63 bits per heavy atom. The van der Waals surface area contributed by atoms with Crippen molar-refractivity contribution in [3.8, 4) is 0 Å². The highest BCUT2D eigenvalue weighted by molar-refractivity contribution is 7.92. The van der Waals surface area contributed by atoms with Gasteiger partial charge in [-0.05, 0) is 68.5 Å². The van der Waals surface area contributed by atoms with Crippen molar-refractivity contribution in [3.63, 3.8) is 0 Å². The van der Waals surface area contributed by atoms with Gasteiger partial charge in [0, 0.05) is 42.1 Å². The zero-order chi connectivity index (χ0) is 29.6. The topological polar surface area (TPSA) is 111 Å². The number of hydrogen-bond acceptors (Lipinski definition) is 6. The van der Waals surface area contributed by atoms with Gasteiger partial charge < -0.3 is 20.9 Å². The highest BCUT2D eigenvalue weighted by Crippen LogP contribution is 2.38. The average molecular weight is 576 g/mol. The summed E-state index contributed by atoms with van der Waals surface area (Å²) in [7, 11) is 0.314. The maximum Gasteiger partial charge on any atom is 0.258 e. The van der Waals surface area contributed by atoms with Crippen LogP contribution in [0.4, 0.5) is 17.1 Å². The number of rotatable bonds is 12. The third kappa shape index (κ3) is 7.33. The van der Waals surface area contributed by atoms with Gasteiger partial charge in [0.25, 0.3) is 11.8 Å². The SMILES string of the molecule is CCCCNC(=O)c1ccc2c(c1)/C(=C(/Nc1ccc(N(CCN(C)C)S(C)(=O)=O)cc1)c1ccccc1)C(=O)N2. The Balaban J connectivity index is 1.72. The molecular formula is C31H37N5O4S. The molecule has 9 nitrogen and oxygen atoms in total. The second-order valence-electron chi connectivity index (χ2n) is 10.3. The number of fused-ring (bicyclic) bond motifs is 1. The summed E-state index contributed by atoms with van der Waals surface area (Å²) in [6.45, 7) is 3.55. The molecule has 41 heavy (non-hydrogen) atoms. The normalized spacial score (nSPS) is 13.9. The zero-order valence-electron chi connectivity index (χ0n) is 23.9. The number of amides is 2. The van der Waals surface area contributed by atoms with Gasteiger partial charge in [-0.15, -0.1) is 0 Å². The number of nitrogens with zero attached hydrogens (tertiary/aromatic N) is 2. The number of carbonyl (C=O) groups is 2. The third-order valence-corrected chi connectivity index (χ3v) is 7.92. The summed E-state index contributed by atoms with van der Waals surface area (Å²) >= 11 is 0. The van der Waals surface area contributed by atoms with E-state index in [-0.39, 0.29) is 11.8 Å². The van der Waals surface area contributed by atoms with Crippen LogP contribution in [0.15, 0.2) is 72.8 Å². The Morgan fingerprint density at radius 1 is 0.927 bits per heavy atom. The first-order valence-electron chi connectivity index (χ1n) is 13.6. The van der Waals surface area contributed by atoms with E-state index in [2.05, 4.69) is 22.9 Å². The van der Waals surface area contributed by atoms with Gasteiger partial charge in [0.1, 0.15) is 0 Å². The Bertz CT molecular complexity index is 1530. The second-order valence-corrected chi connectivity index (χ2v) is 12.2. The standard InChI is InChI=1S/C31H37N5O4S/c1-5-6-18-32-30(37)23-12-17-27-26(21-23)28(31(38)34-27)29(22-10-8-7-9-11-22)33-24-13-15-25(16-14-24)36(41(4,39)40)20-19-35(2)3/h7-17,21,33H,5-6,18-20H2,1-4H3,(H,32,37)(H,34,38)/b29-28-. The first-order chi connectivity index (χ1) is 19.6. The zero-order valence-corrected chi connectivity index (χ0v) is 24.7. The molecule has 1 heterocycles. The van der Waals surface area contributed by atoms with Gasteiger partial charge in [0.15, 0.2) is 0 Å². The van der Waals surface area contributed by atoms with Gasteiger partial charge >= 0.3 is 0 Å². The molecule has 0 saturated carbocycles. The second kappa shape index (κ2) is 13.0. The van der Waals surface area contributed by atoms with Crippen molar-refractivity contribution in [2.75, 3.05) is 54.9 Å². The molecule has 0 aromatic heterocycles. The van der Waals surface area contributed by atoms with E-state index in [1.54, 1.807) is 42.5 Å². The highest BCUT2D eigenvalue weighted by Gasteiger charge is 2.29. The number of nitrogens with one attached hydrogen (secondary N) is 3. The summed E-state index contributed by atoms with van der Waals surface area (Å²) in [5, 5.41) is 9.25. The molecule has 10 heteroatoms. The molecule has 0 saturated heterocycles. The Kier molecular flexibility index (Phi) is 9.46. The van der Waals surface area contributed by atoms with Crippen LogP contribution in [0, 0.1) is 0 Å². The monoisotopic (exact) mass is 575 g/mol. The number of benzene rings is 3. The first kappa shape index (κ1) is 29.8. The number of likely N-dealkylation sites (N-methyl/N-ethyl adjacent to an activating group) is 1. The molecule has 3 aromatic carbocycles. The maximum atomic E-state index is 13.3. The lowest BCUT2D eigenvalue weighted by Crippen LogP contribution is -2.35. The highest BCUT2D eigenvalue weighted by atomic mass is 32.2. The van der Waals surface area contributed by atoms with Gasteiger partial charge in [-0.25, -0.2) is 8.42 Å². The summed E-state index contributed by atoms with van der Waals surface area (Å²) in [6, 6.07) is 21.8. The predicted molar refractivity (Wildman–Crippen MR) is 166 cm³/mol. The Morgan fingerprint density at radius 3 is 2.27 bits per heavy atom. The number of carbonyl (C=O) groups excluding carboxylic acids is 2. The summed E-state index contributed by atoms with van der Waals surface area (Å²) < 4.78 is 26.3. The number of hydrogen-bond donors (Lipinski definition) is 3. The van der Waals surface area contributed by atoms with Crippen LogP contribution in [0.2, 0.25) is 0 Å².